The van der Waals surface area contributed by atoms with Crippen molar-refractivity contribution in [1.29, 1.82) is 0 Å². The highest BCUT2D eigenvalue weighted by Gasteiger charge is 2.07. The maximum atomic E-state index is 5.89. The quantitative estimate of drug-likeness (QED) is 0.681. The van der Waals surface area contributed by atoms with E-state index in [-0.39, 0.29) is 0 Å². The Morgan fingerprint density at radius 3 is 2.59 bits per heavy atom. The molecular weight excluding hydrogens is 212 g/mol. The third-order valence-corrected chi connectivity index (χ3v) is 2.73. The van der Waals surface area contributed by atoms with Crippen LogP contribution in [0.2, 0.25) is 0 Å². The lowest BCUT2D eigenvalue weighted by atomic mass is 10.1. The molecule has 3 rings (SSSR count). The minimum Gasteiger partial charge on any atom is -0.440 e. The van der Waals surface area contributed by atoms with Gasteiger partial charge in [0, 0.05) is 5.69 Å². The summed E-state index contributed by atoms with van der Waals surface area (Å²) in [4.78, 5) is 4.43. The fourth-order valence-electron chi connectivity index (χ4n) is 1.85. The number of fused-ring (bicyclic) bond motifs is 1. The van der Waals surface area contributed by atoms with Gasteiger partial charge in [-0.25, -0.2) is 4.98 Å². The van der Waals surface area contributed by atoms with Crippen LogP contribution in [0.25, 0.3) is 11.1 Å². The molecule has 17 heavy (non-hydrogen) atoms. The smallest absolute Gasteiger partial charge is 0.199 e. The minimum atomic E-state index is 0.626. The summed E-state index contributed by atoms with van der Waals surface area (Å²) in [5.41, 5.74) is 9.41. The third-order valence-electron chi connectivity index (χ3n) is 2.73. The number of nitrogen functional groups attached to an aromatic ring is 1. The van der Waals surface area contributed by atoms with E-state index in [4.69, 9.17) is 10.2 Å². The van der Waals surface area contributed by atoms with Crippen LogP contribution < -0.4 is 5.73 Å². The van der Waals surface area contributed by atoms with Crippen molar-refractivity contribution in [2.24, 2.45) is 0 Å². The Morgan fingerprint density at radius 1 is 1.00 bits per heavy atom. The van der Waals surface area contributed by atoms with Gasteiger partial charge in [-0.15, -0.1) is 0 Å². The maximum Gasteiger partial charge on any atom is 0.199 e. The molecule has 0 fully saturated rings. The molecule has 84 valence electrons. The molecule has 0 aliphatic heterocycles. The number of benzene rings is 2. The summed E-state index contributed by atoms with van der Waals surface area (Å²) in [5, 5.41) is 0. The van der Waals surface area contributed by atoms with Crippen molar-refractivity contribution in [1.82, 2.24) is 4.98 Å². The van der Waals surface area contributed by atoms with E-state index < -0.39 is 0 Å². The van der Waals surface area contributed by atoms with Crippen LogP contribution in [0.4, 0.5) is 5.69 Å². The Balaban J connectivity index is 1.98. The maximum absolute atomic E-state index is 5.89. The molecule has 2 N–H and O–H groups in total. The molecule has 3 aromatic rings. The first-order valence-electron chi connectivity index (χ1n) is 5.51. The summed E-state index contributed by atoms with van der Waals surface area (Å²) < 4.78 is 5.66. The van der Waals surface area contributed by atoms with Crippen molar-refractivity contribution in [2.45, 2.75) is 6.42 Å². The SMILES string of the molecule is Nc1ccccc1Cc1nc2ccccc2o1. The Bertz CT molecular complexity index is 625. The summed E-state index contributed by atoms with van der Waals surface area (Å²) in [6.07, 6.45) is 0.626. The zero-order valence-corrected chi connectivity index (χ0v) is 9.26. The van der Waals surface area contributed by atoms with E-state index >= 15 is 0 Å². The molecule has 0 saturated heterocycles. The zero-order valence-electron chi connectivity index (χ0n) is 9.26. The lowest BCUT2D eigenvalue weighted by Crippen LogP contribution is -1.95. The second-order valence-electron chi connectivity index (χ2n) is 3.95. The molecule has 0 bridgehead atoms. The normalized spacial score (nSPS) is 10.8. The highest BCUT2D eigenvalue weighted by molar-refractivity contribution is 5.72. The van der Waals surface area contributed by atoms with Crippen LogP contribution in [0.3, 0.4) is 0 Å². The summed E-state index contributed by atoms with van der Waals surface area (Å²) in [7, 11) is 0. The number of anilines is 1. The summed E-state index contributed by atoms with van der Waals surface area (Å²) in [6.45, 7) is 0. The van der Waals surface area contributed by atoms with Gasteiger partial charge in [-0.05, 0) is 23.8 Å². The van der Waals surface area contributed by atoms with Gasteiger partial charge in [-0.2, -0.15) is 0 Å². The highest BCUT2D eigenvalue weighted by atomic mass is 16.3. The summed E-state index contributed by atoms with van der Waals surface area (Å²) in [5.74, 6) is 0.698. The van der Waals surface area contributed by atoms with Crippen molar-refractivity contribution >= 4 is 16.8 Å². The van der Waals surface area contributed by atoms with Crippen molar-refractivity contribution in [3.63, 3.8) is 0 Å². The standard InChI is InChI=1S/C14H12N2O/c15-11-6-2-1-5-10(11)9-14-16-12-7-3-4-8-13(12)17-14/h1-8H,9,15H2. The van der Waals surface area contributed by atoms with Crippen LogP contribution in [-0.2, 0) is 6.42 Å². The molecular formula is C14H12N2O. The monoisotopic (exact) mass is 224 g/mol. The molecule has 2 aromatic carbocycles. The van der Waals surface area contributed by atoms with E-state index in [1.807, 2.05) is 48.5 Å². The molecule has 0 unspecified atom stereocenters. The van der Waals surface area contributed by atoms with Crippen molar-refractivity contribution < 1.29 is 4.42 Å². The average Bonchev–Trinajstić information content (AvgIpc) is 2.74. The number of rotatable bonds is 2. The molecule has 1 heterocycles. The predicted octanol–water partition coefficient (Wildman–Crippen LogP) is 3.00. The second kappa shape index (κ2) is 3.94. The van der Waals surface area contributed by atoms with Gasteiger partial charge in [0.15, 0.2) is 11.5 Å². The molecule has 1 aromatic heterocycles. The highest BCUT2D eigenvalue weighted by Crippen LogP contribution is 2.19. The van der Waals surface area contributed by atoms with E-state index in [1.54, 1.807) is 0 Å². The molecule has 0 radical (unpaired) electrons. The van der Waals surface area contributed by atoms with E-state index in [0.29, 0.717) is 12.3 Å². The van der Waals surface area contributed by atoms with Crippen LogP contribution in [0, 0.1) is 0 Å². The first-order valence-corrected chi connectivity index (χ1v) is 5.51. The number of hydrogen-bond acceptors (Lipinski definition) is 3. The summed E-state index contributed by atoms with van der Waals surface area (Å²) >= 11 is 0. The van der Waals surface area contributed by atoms with E-state index in [9.17, 15) is 0 Å². The van der Waals surface area contributed by atoms with Gasteiger partial charge in [0.05, 0.1) is 6.42 Å². The minimum absolute atomic E-state index is 0.626. The van der Waals surface area contributed by atoms with Gasteiger partial charge in [-0.3, -0.25) is 0 Å². The van der Waals surface area contributed by atoms with Gasteiger partial charge >= 0.3 is 0 Å². The molecule has 0 saturated carbocycles. The summed E-state index contributed by atoms with van der Waals surface area (Å²) in [6, 6.07) is 15.5. The Morgan fingerprint density at radius 2 is 1.76 bits per heavy atom. The van der Waals surface area contributed by atoms with E-state index in [0.717, 1.165) is 22.4 Å². The average molecular weight is 224 g/mol. The van der Waals surface area contributed by atoms with Crippen molar-refractivity contribution in [3.8, 4) is 0 Å². The van der Waals surface area contributed by atoms with Gasteiger partial charge in [0.25, 0.3) is 0 Å². The lowest BCUT2D eigenvalue weighted by molar-refractivity contribution is 0.544. The fourth-order valence-corrected chi connectivity index (χ4v) is 1.85. The third kappa shape index (κ3) is 1.87. The zero-order chi connectivity index (χ0) is 11.7. The van der Waals surface area contributed by atoms with Gasteiger partial charge in [0.2, 0.25) is 0 Å². The number of nitrogens with zero attached hydrogens (tertiary/aromatic N) is 1. The van der Waals surface area contributed by atoms with Crippen LogP contribution in [-0.4, -0.2) is 4.98 Å². The number of para-hydroxylation sites is 3. The molecule has 0 aliphatic carbocycles. The van der Waals surface area contributed by atoms with Crippen molar-refractivity contribution in [3.05, 3.63) is 60.0 Å². The van der Waals surface area contributed by atoms with Crippen LogP contribution in [0.1, 0.15) is 11.5 Å². The molecule has 3 heteroatoms. The number of hydrogen-bond donors (Lipinski definition) is 1. The molecule has 0 amide bonds. The van der Waals surface area contributed by atoms with E-state index in [2.05, 4.69) is 4.98 Å². The van der Waals surface area contributed by atoms with Crippen LogP contribution >= 0.6 is 0 Å². The second-order valence-corrected chi connectivity index (χ2v) is 3.95. The molecule has 0 aliphatic rings. The fraction of sp³-hybridized carbons (Fsp3) is 0.0714. The number of nitrogens with two attached hydrogens (primary N) is 1. The van der Waals surface area contributed by atoms with Gasteiger partial charge in [-0.1, -0.05) is 30.3 Å². The van der Waals surface area contributed by atoms with Gasteiger partial charge in [0.1, 0.15) is 5.52 Å². The van der Waals surface area contributed by atoms with Gasteiger partial charge < -0.3 is 10.2 Å². The molecule has 3 nitrogen and oxygen atoms in total. The van der Waals surface area contributed by atoms with Crippen LogP contribution in [0.15, 0.2) is 52.9 Å². The Labute approximate surface area is 98.9 Å². The molecule has 0 atom stereocenters. The number of aromatic nitrogens is 1. The largest absolute Gasteiger partial charge is 0.440 e. The number of oxazole rings is 1. The predicted molar refractivity (Wildman–Crippen MR) is 67.7 cm³/mol. The van der Waals surface area contributed by atoms with Crippen LogP contribution in [0.5, 0.6) is 0 Å². The topological polar surface area (TPSA) is 52.0 Å². The van der Waals surface area contributed by atoms with E-state index in [1.165, 1.54) is 0 Å². The lowest BCUT2D eigenvalue weighted by Gasteiger charge is -2.01. The first-order chi connectivity index (χ1) is 8.33. The van der Waals surface area contributed by atoms with Crippen molar-refractivity contribution in [2.75, 3.05) is 5.73 Å². The first kappa shape index (κ1) is 9.90. The molecule has 0 spiro atoms. The Kier molecular flexibility index (Phi) is 2.29. The Hall–Kier alpha value is -2.29.